The summed E-state index contributed by atoms with van der Waals surface area (Å²) >= 11 is 0. The summed E-state index contributed by atoms with van der Waals surface area (Å²) in [7, 11) is 1.56. The summed E-state index contributed by atoms with van der Waals surface area (Å²) < 4.78 is 8.46. The van der Waals surface area contributed by atoms with Gasteiger partial charge in [-0.2, -0.15) is 9.36 Å². The molecule has 1 heterocycles. The SMILES string of the molecule is CCON=C(C)c1ccc(OCc2ccccc2-n2nnn(C)c2=O)c(C)c1. The monoisotopic (exact) mass is 381 g/mol. The van der Waals surface area contributed by atoms with Gasteiger partial charge in [0.15, 0.2) is 0 Å². The third-order valence-electron chi connectivity index (χ3n) is 4.25. The second-order valence-corrected chi connectivity index (χ2v) is 6.29. The summed E-state index contributed by atoms with van der Waals surface area (Å²) in [4.78, 5) is 17.3. The Balaban J connectivity index is 1.80. The lowest BCUT2D eigenvalue weighted by Crippen LogP contribution is -2.23. The molecule has 2 aromatic carbocycles. The van der Waals surface area contributed by atoms with Gasteiger partial charge in [0.1, 0.15) is 19.0 Å². The van der Waals surface area contributed by atoms with Gasteiger partial charge in [-0.25, -0.2) is 4.79 Å². The number of oxime groups is 1. The molecule has 3 rings (SSSR count). The second-order valence-electron chi connectivity index (χ2n) is 6.29. The Morgan fingerprint density at radius 2 is 1.96 bits per heavy atom. The van der Waals surface area contributed by atoms with Crippen LogP contribution in [0.2, 0.25) is 0 Å². The minimum absolute atomic E-state index is 0.297. The van der Waals surface area contributed by atoms with Crippen LogP contribution >= 0.6 is 0 Å². The van der Waals surface area contributed by atoms with E-state index in [1.807, 2.05) is 63.2 Å². The fourth-order valence-electron chi connectivity index (χ4n) is 2.71. The zero-order valence-electron chi connectivity index (χ0n) is 16.4. The van der Waals surface area contributed by atoms with E-state index in [4.69, 9.17) is 9.57 Å². The molecular formula is C20H23N5O3. The van der Waals surface area contributed by atoms with Crippen molar-refractivity contribution in [1.29, 1.82) is 0 Å². The van der Waals surface area contributed by atoms with E-state index in [0.29, 0.717) is 18.9 Å². The predicted octanol–water partition coefficient (Wildman–Crippen LogP) is 2.61. The van der Waals surface area contributed by atoms with Crippen LogP contribution in [0.5, 0.6) is 5.75 Å². The third-order valence-corrected chi connectivity index (χ3v) is 4.25. The Morgan fingerprint density at radius 3 is 2.64 bits per heavy atom. The number of tetrazole rings is 1. The third kappa shape index (κ3) is 4.11. The minimum Gasteiger partial charge on any atom is -0.489 e. The molecule has 0 amide bonds. The van der Waals surface area contributed by atoms with Crippen LogP contribution in [0.15, 0.2) is 52.4 Å². The summed E-state index contributed by atoms with van der Waals surface area (Å²) in [5, 5.41) is 11.7. The number of aromatic nitrogens is 4. The number of aryl methyl sites for hydroxylation is 2. The number of hydrogen-bond donors (Lipinski definition) is 0. The molecule has 3 aromatic rings. The number of para-hydroxylation sites is 1. The molecule has 0 N–H and O–H groups in total. The number of rotatable bonds is 7. The molecule has 0 fully saturated rings. The Morgan fingerprint density at radius 1 is 1.18 bits per heavy atom. The Kier molecular flexibility index (Phi) is 5.88. The zero-order valence-corrected chi connectivity index (χ0v) is 16.4. The lowest BCUT2D eigenvalue weighted by atomic mass is 10.1. The average molecular weight is 381 g/mol. The van der Waals surface area contributed by atoms with Gasteiger partial charge in [0.25, 0.3) is 0 Å². The summed E-state index contributed by atoms with van der Waals surface area (Å²) in [6.07, 6.45) is 0. The molecule has 0 bridgehead atoms. The summed E-state index contributed by atoms with van der Waals surface area (Å²) in [6, 6.07) is 13.3. The number of nitrogens with zero attached hydrogens (tertiary/aromatic N) is 5. The van der Waals surface area contributed by atoms with Crippen molar-refractivity contribution in [3.05, 3.63) is 69.6 Å². The Hall–Kier alpha value is -3.42. The zero-order chi connectivity index (χ0) is 20.1. The molecule has 0 unspecified atom stereocenters. The minimum atomic E-state index is -0.308. The van der Waals surface area contributed by atoms with Gasteiger partial charge in [0.2, 0.25) is 0 Å². The maximum Gasteiger partial charge on any atom is 0.368 e. The molecule has 0 aliphatic carbocycles. The van der Waals surface area contributed by atoms with Crippen molar-refractivity contribution in [2.24, 2.45) is 12.2 Å². The standard InChI is InChI=1S/C20H23N5O3/c1-5-28-21-15(3)16-10-11-19(14(2)12-16)27-13-17-8-6-7-9-18(17)25-20(26)24(4)22-23-25/h6-12H,5,13H2,1-4H3. The highest BCUT2D eigenvalue weighted by Gasteiger charge is 2.12. The largest absolute Gasteiger partial charge is 0.489 e. The Bertz CT molecular complexity index is 1050. The molecule has 0 aliphatic heterocycles. The molecule has 0 radical (unpaired) electrons. The summed E-state index contributed by atoms with van der Waals surface area (Å²) in [5.41, 5.74) is 3.95. The molecule has 0 saturated heterocycles. The number of hydrogen-bond acceptors (Lipinski definition) is 6. The second kappa shape index (κ2) is 8.51. The van der Waals surface area contributed by atoms with Gasteiger partial charge < -0.3 is 9.57 Å². The highest BCUT2D eigenvalue weighted by atomic mass is 16.6. The van der Waals surface area contributed by atoms with E-state index in [-0.39, 0.29) is 5.69 Å². The van der Waals surface area contributed by atoms with Crippen LogP contribution in [-0.2, 0) is 18.5 Å². The van der Waals surface area contributed by atoms with Gasteiger partial charge in [0.05, 0.1) is 11.4 Å². The van der Waals surface area contributed by atoms with Crippen LogP contribution in [0.3, 0.4) is 0 Å². The topological polar surface area (TPSA) is 83.5 Å². The van der Waals surface area contributed by atoms with E-state index < -0.39 is 0 Å². The predicted molar refractivity (Wildman–Crippen MR) is 106 cm³/mol. The van der Waals surface area contributed by atoms with Crippen LogP contribution in [0.4, 0.5) is 0 Å². The molecule has 146 valence electrons. The van der Waals surface area contributed by atoms with Crippen LogP contribution < -0.4 is 10.4 Å². The molecule has 28 heavy (non-hydrogen) atoms. The Labute approximate surface area is 163 Å². The summed E-state index contributed by atoms with van der Waals surface area (Å²) in [5.74, 6) is 0.759. The fourth-order valence-corrected chi connectivity index (χ4v) is 2.71. The van der Waals surface area contributed by atoms with Crippen molar-refractivity contribution in [2.45, 2.75) is 27.4 Å². The lowest BCUT2D eigenvalue weighted by Gasteiger charge is -2.13. The van der Waals surface area contributed by atoms with E-state index in [2.05, 4.69) is 15.6 Å². The number of ether oxygens (including phenoxy) is 1. The molecule has 0 atom stereocenters. The van der Waals surface area contributed by atoms with E-state index in [1.165, 1.54) is 9.36 Å². The van der Waals surface area contributed by atoms with Crippen LogP contribution in [0, 0.1) is 6.92 Å². The molecule has 1 aromatic heterocycles. The first-order valence-corrected chi connectivity index (χ1v) is 8.99. The molecule has 0 spiro atoms. The summed E-state index contributed by atoms with van der Waals surface area (Å²) in [6.45, 7) is 6.61. The van der Waals surface area contributed by atoms with Crippen molar-refractivity contribution in [2.75, 3.05) is 6.61 Å². The van der Waals surface area contributed by atoms with Crippen molar-refractivity contribution >= 4 is 5.71 Å². The van der Waals surface area contributed by atoms with Gasteiger partial charge in [-0.15, -0.1) is 0 Å². The smallest absolute Gasteiger partial charge is 0.368 e. The maximum absolute atomic E-state index is 12.2. The molecule has 0 aliphatic rings. The van der Waals surface area contributed by atoms with Crippen molar-refractivity contribution in [1.82, 2.24) is 19.8 Å². The molecule has 8 heteroatoms. The number of benzene rings is 2. The van der Waals surface area contributed by atoms with Gasteiger partial charge in [-0.3, -0.25) is 0 Å². The normalized spacial score (nSPS) is 11.5. The van der Waals surface area contributed by atoms with Gasteiger partial charge in [-0.1, -0.05) is 23.4 Å². The fraction of sp³-hybridized carbons (Fsp3) is 0.300. The highest BCUT2D eigenvalue weighted by molar-refractivity contribution is 5.98. The first-order valence-electron chi connectivity index (χ1n) is 8.99. The van der Waals surface area contributed by atoms with Crippen molar-refractivity contribution in [3.63, 3.8) is 0 Å². The van der Waals surface area contributed by atoms with Crippen LogP contribution in [0.1, 0.15) is 30.5 Å². The maximum atomic E-state index is 12.2. The van der Waals surface area contributed by atoms with Gasteiger partial charge >= 0.3 is 5.69 Å². The molecule has 0 saturated carbocycles. The van der Waals surface area contributed by atoms with Crippen LogP contribution in [-0.4, -0.2) is 32.1 Å². The molecule has 8 nitrogen and oxygen atoms in total. The first kappa shape index (κ1) is 19.3. The average Bonchev–Trinajstić information content (AvgIpc) is 3.04. The van der Waals surface area contributed by atoms with Crippen molar-refractivity contribution < 1.29 is 9.57 Å². The quantitative estimate of drug-likeness (QED) is 0.464. The van der Waals surface area contributed by atoms with Gasteiger partial charge in [0, 0.05) is 12.6 Å². The lowest BCUT2D eigenvalue weighted by molar-refractivity contribution is 0.159. The molecular weight excluding hydrogens is 358 g/mol. The highest BCUT2D eigenvalue weighted by Crippen LogP contribution is 2.22. The van der Waals surface area contributed by atoms with E-state index in [0.717, 1.165) is 28.2 Å². The van der Waals surface area contributed by atoms with E-state index in [1.54, 1.807) is 7.05 Å². The van der Waals surface area contributed by atoms with Crippen LogP contribution in [0.25, 0.3) is 5.69 Å². The first-order chi connectivity index (χ1) is 13.5. The van der Waals surface area contributed by atoms with E-state index >= 15 is 0 Å². The van der Waals surface area contributed by atoms with Gasteiger partial charge in [-0.05, 0) is 66.6 Å². The van der Waals surface area contributed by atoms with Crippen molar-refractivity contribution in [3.8, 4) is 11.4 Å². The van der Waals surface area contributed by atoms with E-state index in [9.17, 15) is 4.79 Å².